The number of benzene rings is 1. The van der Waals surface area contributed by atoms with Gasteiger partial charge in [0.15, 0.2) is 0 Å². The molecule has 1 saturated carbocycles. The number of amides is 5. The fraction of sp³-hybridized carbons (Fsp3) is 0.474. The van der Waals surface area contributed by atoms with Crippen LogP contribution in [0.4, 0.5) is 28.7 Å². The minimum atomic E-state index is -0.980. The zero-order valence-corrected chi connectivity index (χ0v) is 43.2. The van der Waals surface area contributed by atoms with Crippen LogP contribution in [0, 0.1) is 10.8 Å². The molecule has 9 heterocycles. The van der Waals surface area contributed by atoms with Gasteiger partial charge in [-0.25, -0.2) is 9.97 Å². The number of carbonyl (C=O) groups is 5. The van der Waals surface area contributed by atoms with Crippen molar-refractivity contribution in [3.05, 3.63) is 111 Å². The van der Waals surface area contributed by atoms with Crippen molar-refractivity contribution in [3.8, 4) is 11.1 Å². The second-order valence-corrected chi connectivity index (χ2v) is 23.0. The third-order valence-corrected chi connectivity index (χ3v) is 17.7. The van der Waals surface area contributed by atoms with Gasteiger partial charge in [-0.15, -0.1) is 0 Å². The van der Waals surface area contributed by atoms with Gasteiger partial charge in [0.1, 0.15) is 29.1 Å². The minimum absolute atomic E-state index is 0.0887. The van der Waals surface area contributed by atoms with E-state index < -0.39 is 29.7 Å². The number of hydrogen-bond donors (Lipinski definition) is 3. The van der Waals surface area contributed by atoms with Crippen LogP contribution in [0.15, 0.2) is 71.9 Å². The second kappa shape index (κ2) is 18.6. The summed E-state index contributed by atoms with van der Waals surface area (Å²) in [6.07, 6.45) is 14.3. The van der Waals surface area contributed by atoms with E-state index in [9.17, 15) is 33.9 Å². The molecular formula is C57H65N11O7. The van der Waals surface area contributed by atoms with E-state index in [2.05, 4.69) is 61.7 Å². The Morgan fingerprint density at radius 2 is 1.56 bits per heavy atom. The Labute approximate surface area is 435 Å². The summed E-state index contributed by atoms with van der Waals surface area (Å²) in [4.78, 5) is 98.1. The first kappa shape index (κ1) is 48.7. The van der Waals surface area contributed by atoms with E-state index in [4.69, 9.17) is 4.98 Å². The lowest BCUT2D eigenvalue weighted by Gasteiger charge is -2.51. The molecule has 7 aliphatic rings. The van der Waals surface area contributed by atoms with Gasteiger partial charge in [-0.05, 0) is 135 Å². The number of carbonyl (C=O) groups excluding carboxylic acids is 5. The normalized spacial score (nSPS) is 24.7. The molecule has 3 N–H and O–H groups in total. The lowest BCUT2D eigenvalue weighted by atomic mass is 9.65. The van der Waals surface area contributed by atoms with E-state index in [1.54, 1.807) is 42.5 Å². The third-order valence-electron chi connectivity index (χ3n) is 17.7. The number of piperidine rings is 2. The van der Waals surface area contributed by atoms with Gasteiger partial charge in [0.25, 0.3) is 23.3 Å². The molecule has 4 aromatic heterocycles. The Kier molecular flexibility index (Phi) is 12.1. The predicted octanol–water partition coefficient (Wildman–Crippen LogP) is 5.81. The van der Waals surface area contributed by atoms with Gasteiger partial charge >= 0.3 is 0 Å². The number of imide groups is 2. The minimum Gasteiger partial charge on any atom is -0.392 e. The van der Waals surface area contributed by atoms with Crippen LogP contribution in [-0.4, -0.2) is 121 Å². The number of anilines is 5. The summed E-state index contributed by atoms with van der Waals surface area (Å²) in [7, 11) is 1.70. The fourth-order valence-electron chi connectivity index (χ4n) is 13.8. The molecule has 0 bridgehead atoms. The fourth-order valence-corrected chi connectivity index (χ4v) is 13.8. The van der Waals surface area contributed by atoms with Crippen LogP contribution in [0.25, 0.3) is 11.1 Å². The number of piperazine rings is 1. The highest BCUT2D eigenvalue weighted by molar-refractivity contribution is 6.23. The maximum atomic E-state index is 14.0. The smallest absolute Gasteiger partial charge is 0.276 e. The van der Waals surface area contributed by atoms with Gasteiger partial charge in [0.2, 0.25) is 11.8 Å². The molecule has 3 saturated heterocycles. The number of aliphatic hydroxyl groups excluding tert-OH is 1. The van der Waals surface area contributed by atoms with E-state index in [0.717, 1.165) is 87.5 Å². The van der Waals surface area contributed by atoms with Crippen molar-refractivity contribution in [2.45, 2.75) is 116 Å². The molecule has 5 aromatic rings. The molecule has 5 amide bonds. The molecule has 2 aliphatic carbocycles. The Bertz CT molecular complexity index is 3240. The molecular weight excluding hydrogens is 951 g/mol. The van der Waals surface area contributed by atoms with Gasteiger partial charge in [0.05, 0.1) is 29.6 Å². The number of aromatic nitrogens is 4. The monoisotopic (exact) mass is 1020 g/mol. The van der Waals surface area contributed by atoms with E-state index in [1.807, 2.05) is 30.5 Å². The van der Waals surface area contributed by atoms with Crippen LogP contribution in [-0.2, 0) is 42.6 Å². The molecule has 1 unspecified atom stereocenters. The predicted molar refractivity (Wildman–Crippen MR) is 283 cm³/mol. The maximum absolute atomic E-state index is 14.0. The zero-order chi connectivity index (χ0) is 52.1. The average molecular weight is 1020 g/mol. The number of pyridine rings is 3. The Morgan fingerprint density at radius 3 is 2.29 bits per heavy atom. The molecule has 0 radical (unpaired) electrons. The number of aliphatic hydroxyl groups is 1. The lowest BCUT2D eigenvalue weighted by molar-refractivity contribution is -0.136. The lowest BCUT2D eigenvalue weighted by Crippen LogP contribution is -2.54. The summed E-state index contributed by atoms with van der Waals surface area (Å²) in [6, 6.07) is 14.9. The van der Waals surface area contributed by atoms with E-state index in [-0.39, 0.29) is 36.3 Å². The SMILES string of the molecule is C[C@H]1CC2(CCC(N3CCN(c4ccc5c(c4)C(=O)N(C4CCC(=O)NC4=O)C5=O)CC3)CC2)CCN1c1ccc(Nc2cc(-c3ccnc(N4CCn5c(cc6c5CC(C)(C)C6)C4=O)c3CO)cn(C)c2=O)nc1. The van der Waals surface area contributed by atoms with Gasteiger partial charge in [-0.1, -0.05) is 13.8 Å². The molecule has 75 heavy (non-hydrogen) atoms. The van der Waals surface area contributed by atoms with Crippen molar-refractivity contribution in [3.63, 3.8) is 0 Å². The molecule has 4 fully saturated rings. The van der Waals surface area contributed by atoms with Crippen LogP contribution < -0.4 is 30.9 Å². The van der Waals surface area contributed by atoms with Crippen molar-refractivity contribution in [2.24, 2.45) is 17.9 Å². The molecule has 390 valence electrons. The van der Waals surface area contributed by atoms with Gasteiger partial charge in [-0.3, -0.25) is 48.8 Å². The molecule has 5 aliphatic heterocycles. The van der Waals surface area contributed by atoms with Crippen LogP contribution in [0.3, 0.4) is 0 Å². The summed E-state index contributed by atoms with van der Waals surface area (Å²) >= 11 is 0. The van der Waals surface area contributed by atoms with Crippen molar-refractivity contribution in [1.82, 2.24) is 34.2 Å². The molecule has 1 spiro atoms. The summed E-state index contributed by atoms with van der Waals surface area (Å²) < 4.78 is 3.68. The van der Waals surface area contributed by atoms with Crippen LogP contribution in [0.1, 0.15) is 120 Å². The molecule has 18 heteroatoms. The van der Waals surface area contributed by atoms with Crippen molar-refractivity contribution < 1.29 is 29.1 Å². The highest BCUT2D eigenvalue weighted by atomic mass is 16.3. The van der Waals surface area contributed by atoms with Gasteiger partial charge in [0, 0.05) is 106 Å². The van der Waals surface area contributed by atoms with E-state index in [1.165, 1.54) is 28.7 Å². The summed E-state index contributed by atoms with van der Waals surface area (Å²) in [5.41, 5.74) is 8.20. The van der Waals surface area contributed by atoms with Crippen LogP contribution >= 0.6 is 0 Å². The molecule has 1 aromatic carbocycles. The molecule has 18 nitrogen and oxygen atoms in total. The highest BCUT2D eigenvalue weighted by Crippen LogP contribution is 2.48. The number of hydrogen-bond acceptors (Lipinski definition) is 13. The van der Waals surface area contributed by atoms with E-state index in [0.29, 0.717) is 81.4 Å². The molecule has 12 rings (SSSR count). The van der Waals surface area contributed by atoms with Crippen molar-refractivity contribution in [1.29, 1.82) is 0 Å². The largest absolute Gasteiger partial charge is 0.392 e. The summed E-state index contributed by atoms with van der Waals surface area (Å²) in [5, 5.41) is 16.4. The Hall–Kier alpha value is -7.18. The first-order chi connectivity index (χ1) is 36.1. The average Bonchev–Trinajstić information content (AvgIpc) is 4.00. The van der Waals surface area contributed by atoms with Crippen LogP contribution in [0.5, 0.6) is 0 Å². The first-order valence-electron chi connectivity index (χ1n) is 26.7. The van der Waals surface area contributed by atoms with Crippen molar-refractivity contribution in [2.75, 3.05) is 59.3 Å². The first-order valence-corrected chi connectivity index (χ1v) is 26.7. The maximum Gasteiger partial charge on any atom is 0.276 e. The topological polar surface area (TPSA) is 199 Å². The zero-order valence-electron chi connectivity index (χ0n) is 43.2. The van der Waals surface area contributed by atoms with Crippen molar-refractivity contribution >= 4 is 58.2 Å². The van der Waals surface area contributed by atoms with Crippen LogP contribution in [0.2, 0.25) is 0 Å². The summed E-state index contributed by atoms with van der Waals surface area (Å²) in [5.74, 6) is -1.13. The van der Waals surface area contributed by atoms with Gasteiger partial charge in [-0.2, -0.15) is 0 Å². The quantitative estimate of drug-likeness (QED) is 0.150. The number of fused-ring (bicyclic) bond motifs is 4. The third kappa shape index (κ3) is 8.59. The highest BCUT2D eigenvalue weighted by Gasteiger charge is 2.46. The number of nitrogens with zero attached hydrogens (tertiary/aromatic N) is 9. The Balaban J connectivity index is 0.650. The number of rotatable bonds is 9. The number of nitrogens with one attached hydrogen (secondary N) is 2. The standard InChI is InChI=1S/C57H65N11O7/c1-34-28-57(14-11-37(12-15-57)63-19-21-64(22-20-63)38-5-7-41-42(27-38)53(73)68(52(41)72)45-8-10-49(70)61-51(45)71)16-18-65(34)39-6-9-48(59-31-39)60-44-25-36(32-62(4)54(44)74)40-13-17-58-50(43(40)33-69)67-24-23-66-46(55(67)75)26-35-29-56(2,3)30-47(35)66/h5-7,9,13,17,25-27,31-32,34,37,45,69H,8,10-12,14-16,18-24,28-30,33H2,1-4H3,(H,59,60)(H,61,70,71)/t34-,37?,45?,57?/m0/s1. The number of aryl methyl sites for hydroxylation is 1. The van der Waals surface area contributed by atoms with E-state index >= 15 is 0 Å². The van der Waals surface area contributed by atoms with Gasteiger partial charge < -0.3 is 29.4 Å². The Morgan fingerprint density at radius 1 is 0.787 bits per heavy atom. The summed E-state index contributed by atoms with van der Waals surface area (Å²) in [6.45, 7) is 12.0. The molecule has 2 atom stereocenters. The second-order valence-electron chi connectivity index (χ2n) is 23.0.